The SMILES string of the molecule is Nc1nccn1CCCOC1CCCC1. The summed E-state index contributed by atoms with van der Waals surface area (Å²) in [4.78, 5) is 3.97. The van der Waals surface area contributed by atoms with E-state index in [4.69, 9.17) is 10.5 Å². The van der Waals surface area contributed by atoms with Crippen LogP contribution in [0.2, 0.25) is 0 Å². The van der Waals surface area contributed by atoms with E-state index in [0.717, 1.165) is 19.6 Å². The number of rotatable bonds is 5. The predicted octanol–water partition coefficient (Wildman–Crippen LogP) is 1.81. The zero-order valence-electron chi connectivity index (χ0n) is 9.06. The van der Waals surface area contributed by atoms with Crippen LogP contribution >= 0.6 is 0 Å². The molecule has 0 aromatic carbocycles. The number of nitrogens with two attached hydrogens (primary N) is 1. The summed E-state index contributed by atoms with van der Waals surface area (Å²) in [5.74, 6) is 0.593. The van der Waals surface area contributed by atoms with Crippen molar-refractivity contribution in [3.63, 3.8) is 0 Å². The first-order valence-corrected chi connectivity index (χ1v) is 5.74. The molecule has 1 aliphatic carbocycles. The fourth-order valence-corrected chi connectivity index (χ4v) is 2.07. The third kappa shape index (κ3) is 2.96. The summed E-state index contributed by atoms with van der Waals surface area (Å²) in [6, 6.07) is 0. The van der Waals surface area contributed by atoms with Gasteiger partial charge in [0.05, 0.1) is 6.10 Å². The van der Waals surface area contributed by atoms with Gasteiger partial charge in [0.2, 0.25) is 0 Å². The molecule has 0 aliphatic heterocycles. The number of anilines is 1. The zero-order chi connectivity index (χ0) is 10.5. The second-order valence-electron chi connectivity index (χ2n) is 4.11. The molecule has 1 aliphatic rings. The fraction of sp³-hybridized carbons (Fsp3) is 0.727. The molecule has 0 unspecified atom stereocenters. The molecule has 1 saturated carbocycles. The Morgan fingerprint density at radius 3 is 2.93 bits per heavy atom. The topological polar surface area (TPSA) is 53.1 Å². The van der Waals surface area contributed by atoms with E-state index < -0.39 is 0 Å². The van der Waals surface area contributed by atoms with Gasteiger partial charge in [-0.05, 0) is 19.3 Å². The van der Waals surface area contributed by atoms with E-state index in [-0.39, 0.29) is 0 Å². The molecule has 15 heavy (non-hydrogen) atoms. The van der Waals surface area contributed by atoms with Crippen LogP contribution in [0.4, 0.5) is 5.95 Å². The van der Waals surface area contributed by atoms with Crippen LogP contribution in [0.3, 0.4) is 0 Å². The van der Waals surface area contributed by atoms with Crippen LogP contribution in [0.25, 0.3) is 0 Å². The molecule has 4 heteroatoms. The van der Waals surface area contributed by atoms with E-state index in [0.29, 0.717) is 12.1 Å². The van der Waals surface area contributed by atoms with Gasteiger partial charge in [-0.2, -0.15) is 0 Å². The normalized spacial score (nSPS) is 17.3. The Bertz CT molecular complexity index is 292. The van der Waals surface area contributed by atoms with Gasteiger partial charge in [0, 0.05) is 25.5 Å². The van der Waals surface area contributed by atoms with E-state index in [9.17, 15) is 0 Å². The van der Waals surface area contributed by atoms with Crippen molar-refractivity contribution in [2.75, 3.05) is 12.3 Å². The Morgan fingerprint density at radius 2 is 2.27 bits per heavy atom. The average Bonchev–Trinajstić information content (AvgIpc) is 2.85. The summed E-state index contributed by atoms with van der Waals surface area (Å²) in [7, 11) is 0. The molecule has 2 rings (SSSR count). The Labute approximate surface area is 90.4 Å². The number of nitrogen functional groups attached to an aromatic ring is 1. The molecular weight excluding hydrogens is 190 g/mol. The van der Waals surface area contributed by atoms with Crippen LogP contribution in [0.5, 0.6) is 0 Å². The summed E-state index contributed by atoms with van der Waals surface area (Å²) >= 11 is 0. The highest BCUT2D eigenvalue weighted by Crippen LogP contribution is 2.20. The van der Waals surface area contributed by atoms with Crippen LogP contribution < -0.4 is 5.73 Å². The summed E-state index contributed by atoms with van der Waals surface area (Å²) in [5, 5.41) is 0. The van der Waals surface area contributed by atoms with Gasteiger partial charge < -0.3 is 15.0 Å². The van der Waals surface area contributed by atoms with Gasteiger partial charge in [0.15, 0.2) is 5.95 Å². The number of nitrogens with zero attached hydrogens (tertiary/aromatic N) is 2. The number of hydrogen-bond donors (Lipinski definition) is 1. The molecule has 84 valence electrons. The van der Waals surface area contributed by atoms with Gasteiger partial charge in [0.25, 0.3) is 0 Å². The Kier molecular flexibility index (Phi) is 3.61. The molecule has 1 aromatic heterocycles. The first kappa shape index (κ1) is 10.5. The Morgan fingerprint density at radius 1 is 1.47 bits per heavy atom. The number of imidazole rings is 1. The summed E-state index contributed by atoms with van der Waals surface area (Å²) in [5.41, 5.74) is 5.66. The number of ether oxygens (including phenoxy) is 1. The number of aromatic nitrogens is 2. The molecule has 0 spiro atoms. The van der Waals surface area contributed by atoms with E-state index in [1.165, 1.54) is 25.7 Å². The highest BCUT2D eigenvalue weighted by molar-refractivity contribution is 5.16. The van der Waals surface area contributed by atoms with Crippen molar-refractivity contribution in [1.29, 1.82) is 0 Å². The zero-order valence-corrected chi connectivity index (χ0v) is 9.06. The van der Waals surface area contributed by atoms with Gasteiger partial charge in [-0.3, -0.25) is 0 Å². The van der Waals surface area contributed by atoms with E-state index in [1.54, 1.807) is 6.20 Å². The van der Waals surface area contributed by atoms with Gasteiger partial charge in [-0.1, -0.05) is 12.8 Å². The van der Waals surface area contributed by atoms with Crippen molar-refractivity contribution in [2.45, 2.75) is 44.8 Å². The van der Waals surface area contributed by atoms with Crippen LogP contribution in [0, 0.1) is 0 Å². The van der Waals surface area contributed by atoms with E-state index in [1.807, 2.05) is 10.8 Å². The van der Waals surface area contributed by atoms with Gasteiger partial charge in [-0.15, -0.1) is 0 Å². The molecule has 1 aromatic rings. The standard InChI is InChI=1S/C11H19N3O/c12-11-13-6-8-14(11)7-3-9-15-10-4-1-2-5-10/h6,8,10H,1-5,7,9H2,(H2,12,13). The molecule has 0 radical (unpaired) electrons. The lowest BCUT2D eigenvalue weighted by atomic mass is 10.3. The number of hydrogen-bond acceptors (Lipinski definition) is 3. The second kappa shape index (κ2) is 5.16. The highest BCUT2D eigenvalue weighted by atomic mass is 16.5. The van der Waals surface area contributed by atoms with Gasteiger partial charge >= 0.3 is 0 Å². The summed E-state index contributed by atoms with van der Waals surface area (Å²) in [6.07, 6.45) is 10.3. The van der Waals surface area contributed by atoms with Crippen molar-refractivity contribution in [2.24, 2.45) is 0 Å². The summed E-state index contributed by atoms with van der Waals surface area (Å²) in [6.45, 7) is 1.74. The van der Waals surface area contributed by atoms with Crippen LogP contribution in [0.15, 0.2) is 12.4 Å². The molecular formula is C11H19N3O. The van der Waals surface area contributed by atoms with Crippen molar-refractivity contribution in [3.8, 4) is 0 Å². The van der Waals surface area contributed by atoms with E-state index in [2.05, 4.69) is 4.98 Å². The lowest BCUT2D eigenvalue weighted by Gasteiger charge is -2.11. The first-order valence-electron chi connectivity index (χ1n) is 5.74. The van der Waals surface area contributed by atoms with Crippen LogP contribution in [-0.2, 0) is 11.3 Å². The Hall–Kier alpha value is -1.03. The highest BCUT2D eigenvalue weighted by Gasteiger charge is 2.14. The van der Waals surface area contributed by atoms with Crippen molar-refractivity contribution in [3.05, 3.63) is 12.4 Å². The fourth-order valence-electron chi connectivity index (χ4n) is 2.07. The van der Waals surface area contributed by atoms with Crippen LogP contribution in [-0.4, -0.2) is 22.3 Å². The Balaban J connectivity index is 1.60. The smallest absolute Gasteiger partial charge is 0.200 e. The van der Waals surface area contributed by atoms with Gasteiger partial charge in [-0.25, -0.2) is 4.98 Å². The summed E-state index contributed by atoms with van der Waals surface area (Å²) < 4.78 is 7.72. The molecule has 4 nitrogen and oxygen atoms in total. The second-order valence-corrected chi connectivity index (χ2v) is 4.11. The van der Waals surface area contributed by atoms with Gasteiger partial charge in [0.1, 0.15) is 0 Å². The molecule has 0 bridgehead atoms. The van der Waals surface area contributed by atoms with E-state index >= 15 is 0 Å². The monoisotopic (exact) mass is 209 g/mol. The maximum atomic E-state index is 5.77. The molecule has 2 N–H and O–H groups in total. The maximum absolute atomic E-state index is 5.77. The lowest BCUT2D eigenvalue weighted by Crippen LogP contribution is -2.11. The quantitative estimate of drug-likeness (QED) is 0.752. The molecule has 0 amide bonds. The molecule has 1 heterocycles. The average molecular weight is 209 g/mol. The molecule has 0 saturated heterocycles. The number of aryl methyl sites for hydroxylation is 1. The lowest BCUT2D eigenvalue weighted by molar-refractivity contribution is 0.0550. The minimum Gasteiger partial charge on any atom is -0.378 e. The minimum absolute atomic E-state index is 0.519. The predicted molar refractivity (Wildman–Crippen MR) is 59.5 cm³/mol. The maximum Gasteiger partial charge on any atom is 0.200 e. The van der Waals surface area contributed by atoms with Crippen LogP contribution in [0.1, 0.15) is 32.1 Å². The van der Waals surface area contributed by atoms with Crippen molar-refractivity contribution < 1.29 is 4.74 Å². The molecule has 0 atom stereocenters. The molecule has 1 fully saturated rings. The van der Waals surface area contributed by atoms with Crippen molar-refractivity contribution in [1.82, 2.24) is 9.55 Å². The third-order valence-corrected chi connectivity index (χ3v) is 2.95. The largest absolute Gasteiger partial charge is 0.378 e. The third-order valence-electron chi connectivity index (χ3n) is 2.95. The minimum atomic E-state index is 0.519. The first-order chi connectivity index (χ1) is 7.36. The van der Waals surface area contributed by atoms with Crippen molar-refractivity contribution >= 4 is 5.95 Å².